The normalized spacial score (nSPS) is 11.1. The van der Waals surface area contributed by atoms with E-state index in [0.29, 0.717) is 26.2 Å². The van der Waals surface area contributed by atoms with Crippen molar-refractivity contribution in [3.8, 4) is 11.5 Å². The number of fused-ring (bicyclic) bond motifs is 6. The van der Waals surface area contributed by atoms with Gasteiger partial charge in [0.15, 0.2) is 0 Å². The minimum atomic E-state index is -1.08. The summed E-state index contributed by atoms with van der Waals surface area (Å²) in [5.41, 5.74) is 8.47. The van der Waals surface area contributed by atoms with E-state index in [1.165, 1.54) is 0 Å². The number of carbonyl (C=O) groups is 2. The van der Waals surface area contributed by atoms with Gasteiger partial charge in [-0.2, -0.15) is 0 Å². The molecule has 64 heavy (non-hydrogen) atoms. The Hall–Kier alpha value is -4.29. The van der Waals surface area contributed by atoms with E-state index in [0.717, 1.165) is 70.0 Å². The second kappa shape index (κ2) is 36.0. The standard InChI is InChI=1S/C36H44N4O2.2C2H4O2.4C2H6O.2Zn/c1-35(2,3)27-15-23-19-37-29-11-7-9-13-31(29)39-21-25-17-28(36(4,5)6)18-26(34(25)42)22-40-32-14-10-8-12-30(32)38-20-24(16-27)33(23)41;2*1-2(3)4;4*1-2-3;;/h7-18,37-42H,19-22H2,1-6H3;2*1H3,(H,3,4);4*3H,2H2,1H3;;/q;;;;;;;2*+2/p-4. The van der Waals surface area contributed by atoms with Crippen LogP contribution in [0.25, 0.3) is 0 Å². The molecule has 4 aromatic carbocycles. The summed E-state index contributed by atoms with van der Waals surface area (Å²) in [6.45, 7) is 24.2. The van der Waals surface area contributed by atoms with Gasteiger partial charge in [0, 0.05) is 64.5 Å². The first kappa shape index (κ1) is 66.3. The molecule has 1 aliphatic rings. The van der Waals surface area contributed by atoms with Crippen LogP contribution in [-0.2, 0) is 85.6 Å². The van der Waals surface area contributed by atoms with Crippen LogP contribution in [0.1, 0.15) is 116 Å². The van der Waals surface area contributed by atoms with Gasteiger partial charge in [-0.15, -0.1) is 0 Å². The molecular formula is C48H72N4O10Zn2. The fraction of sp³-hybridized carbons (Fsp3) is 0.458. The number of aliphatic hydroxyl groups excluding tert-OH is 4. The predicted octanol–water partition coefficient (Wildman–Crippen LogP) is 4.69. The Morgan fingerprint density at radius 1 is 0.484 bits per heavy atom. The Morgan fingerprint density at radius 3 is 0.781 bits per heavy atom. The quantitative estimate of drug-likeness (QED) is 0.111. The zero-order chi connectivity index (χ0) is 48.1. The molecule has 0 aliphatic carbocycles. The maximum atomic E-state index is 13.7. The minimum absolute atomic E-state index is 0. The zero-order valence-electron chi connectivity index (χ0n) is 40.2. The van der Waals surface area contributed by atoms with Gasteiger partial charge in [-0.3, -0.25) is 0 Å². The average Bonchev–Trinajstić information content (AvgIpc) is 3.16. The SMILES string of the molecule is CC(=O)[O-].CC(=O)[O-].CC(C)(C)c1cc2c([O-])c(c1)CNc1ccccc1NCc1cc(C(C)(C)C)cc(c1[O-])CNc1ccccc1NC2.CCO.CCO.CCO.CCO.[Zn+2].[Zn+2]. The van der Waals surface area contributed by atoms with Gasteiger partial charge >= 0.3 is 39.0 Å². The number of hydrogen-bond donors (Lipinski definition) is 8. The largest absolute Gasteiger partial charge is 2.00 e. The van der Waals surface area contributed by atoms with Crippen molar-refractivity contribution in [1.29, 1.82) is 0 Å². The molecule has 8 N–H and O–H groups in total. The monoisotopic (exact) mass is 992 g/mol. The maximum absolute atomic E-state index is 13.7. The van der Waals surface area contributed by atoms with Crippen LogP contribution in [0.4, 0.5) is 22.7 Å². The topological polar surface area (TPSA) is 255 Å². The van der Waals surface area contributed by atoms with E-state index in [-0.39, 0.29) is 87.7 Å². The number of carboxylic acid groups (broad SMARTS) is 2. The predicted molar refractivity (Wildman–Crippen MR) is 244 cm³/mol. The van der Waals surface area contributed by atoms with Crippen molar-refractivity contribution in [2.24, 2.45) is 0 Å². The molecule has 0 aromatic heterocycles. The summed E-state index contributed by atoms with van der Waals surface area (Å²) in [5.74, 6) is -2.08. The third-order valence-corrected chi connectivity index (χ3v) is 7.95. The van der Waals surface area contributed by atoms with Gasteiger partial charge in [-0.05, 0) is 110 Å². The average molecular weight is 996 g/mol. The molecule has 1 heterocycles. The molecule has 0 saturated heterocycles. The summed E-state index contributed by atoms with van der Waals surface area (Å²) in [4.78, 5) is 17.8. The number of rotatable bonds is 0. The number of carboxylic acids is 2. The van der Waals surface area contributed by atoms with Crippen LogP contribution in [0.2, 0.25) is 0 Å². The Morgan fingerprint density at radius 2 is 0.641 bits per heavy atom. The number of anilines is 4. The van der Waals surface area contributed by atoms with E-state index in [2.05, 4.69) is 62.8 Å². The summed E-state index contributed by atoms with van der Waals surface area (Å²) in [7, 11) is 0. The third kappa shape index (κ3) is 27.8. The van der Waals surface area contributed by atoms with Crippen LogP contribution >= 0.6 is 0 Å². The van der Waals surface area contributed by atoms with Gasteiger partial charge in [0.1, 0.15) is 0 Å². The van der Waals surface area contributed by atoms with Gasteiger partial charge in [-0.1, -0.05) is 102 Å². The summed E-state index contributed by atoms with van der Waals surface area (Å²) < 4.78 is 0. The van der Waals surface area contributed by atoms with Crippen LogP contribution in [0.15, 0.2) is 72.8 Å². The number of aliphatic hydroxyl groups is 4. The molecule has 5 rings (SSSR count). The first-order valence-corrected chi connectivity index (χ1v) is 20.6. The number of carbonyl (C=O) groups excluding carboxylic acids is 2. The number of hydrogen-bond acceptors (Lipinski definition) is 14. The van der Waals surface area contributed by atoms with Crippen molar-refractivity contribution in [2.45, 2.75) is 120 Å². The van der Waals surface area contributed by atoms with Crippen LogP contribution < -0.4 is 41.7 Å². The van der Waals surface area contributed by atoms with Crippen LogP contribution in [0.3, 0.4) is 0 Å². The zero-order valence-corrected chi connectivity index (χ0v) is 46.2. The van der Waals surface area contributed by atoms with Gasteiger partial charge in [0.2, 0.25) is 0 Å². The first-order chi connectivity index (χ1) is 29.0. The smallest absolute Gasteiger partial charge is 0.872 e. The van der Waals surface area contributed by atoms with Gasteiger partial charge in [0.05, 0.1) is 22.7 Å². The fourth-order valence-electron chi connectivity index (χ4n) is 5.24. The molecule has 348 valence electrons. The molecule has 0 radical (unpaired) electrons. The summed E-state index contributed by atoms with van der Waals surface area (Å²) in [6, 6.07) is 24.0. The fourth-order valence-corrected chi connectivity index (χ4v) is 5.24. The van der Waals surface area contributed by atoms with Gasteiger partial charge in [0.25, 0.3) is 0 Å². The number of nitrogens with one attached hydrogen (secondary N) is 4. The molecule has 0 spiro atoms. The van der Waals surface area contributed by atoms with E-state index in [9.17, 15) is 10.2 Å². The molecular weight excluding hydrogens is 923 g/mol. The van der Waals surface area contributed by atoms with Gasteiger partial charge in [-0.25, -0.2) is 0 Å². The van der Waals surface area contributed by atoms with E-state index >= 15 is 0 Å². The van der Waals surface area contributed by atoms with Crippen LogP contribution in [0.5, 0.6) is 11.5 Å². The molecule has 0 atom stereocenters. The van der Waals surface area contributed by atoms with Crippen molar-refractivity contribution in [3.05, 3.63) is 106 Å². The van der Waals surface area contributed by atoms with Gasteiger partial charge < -0.3 is 71.7 Å². The second-order valence-corrected chi connectivity index (χ2v) is 15.5. The Labute approximate surface area is 407 Å². The number of para-hydroxylation sites is 4. The van der Waals surface area contributed by atoms with E-state index in [4.69, 9.17) is 40.2 Å². The van der Waals surface area contributed by atoms with Crippen molar-refractivity contribution >= 4 is 34.7 Å². The first-order valence-electron chi connectivity index (χ1n) is 20.6. The van der Waals surface area contributed by atoms with Crippen LogP contribution in [-0.4, -0.2) is 58.8 Å². The molecule has 1 aliphatic heterocycles. The molecule has 0 amide bonds. The van der Waals surface area contributed by atoms with E-state index < -0.39 is 11.9 Å². The molecule has 0 unspecified atom stereocenters. The maximum Gasteiger partial charge on any atom is 2.00 e. The van der Waals surface area contributed by atoms with Crippen molar-refractivity contribution < 1.29 is 89.4 Å². The van der Waals surface area contributed by atoms with E-state index in [1.807, 2.05) is 72.8 Å². The molecule has 0 fully saturated rings. The molecule has 4 aromatic rings. The summed E-state index contributed by atoms with van der Waals surface area (Å²) in [5, 5.41) is 89.4. The Bertz CT molecular complexity index is 1640. The Balaban J connectivity index is -0.000000697. The van der Waals surface area contributed by atoms with E-state index in [1.54, 1.807) is 27.7 Å². The van der Waals surface area contributed by atoms with Crippen molar-refractivity contribution in [2.75, 3.05) is 47.7 Å². The number of benzene rings is 4. The van der Waals surface area contributed by atoms with Crippen molar-refractivity contribution in [1.82, 2.24) is 0 Å². The van der Waals surface area contributed by atoms with Crippen LogP contribution in [0, 0.1) is 0 Å². The molecule has 0 saturated carbocycles. The molecule has 16 heteroatoms. The molecule has 14 nitrogen and oxygen atoms in total. The minimum Gasteiger partial charge on any atom is -0.872 e. The second-order valence-electron chi connectivity index (χ2n) is 15.5. The number of aliphatic carboxylic acids is 2. The summed E-state index contributed by atoms with van der Waals surface area (Å²) in [6.07, 6.45) is 0. The molecule has 4 bridgehead atoms. The van der Waals surface area contributed by atoms with Crippen molar-refractivity contribution in [3.63, 3.8) is 0 Å². The Kier molecular flexibility index (Phi) is 37.3. The summed E-state index contributed by atoms with van der Waals surface area (Å²) >= 11 is 0. The third-order valence-electron chi connectivity index (χ3n) is 7.95.